The Hall–Kier alpha value is -0.970. The van der Waals surface area contributed by atoms with E-state index in [1.54, 1.807) is 0 Å². The molecule has 0 aromatic heterocycles. The number of carbonyl (C=O) groups excluding carboxylic acids is 1. The van der Waals surface area contributed by atoms with Crippen molar-refractivity contribution < 1.29 is 4.79 Å². The van der Waals surface area contributed by atoms with Crippen molar-refractivity contribution in [3.63, 3.8) is 0 Å². The molecule has 4 atom stereocenters. The maximum Gasteiger partial charge on any atom is 0.142 e. The van der Waals surface area contributed by atoms with E-state index >= 15 is 0 Å². The van der Waals surface area contributed by atoms with Crippen molar-refractivity contribution in [3.8, 4) is 0 Å². The minimum absolute atomic E-state index is 0.0297. The lowest BCUT2D eigenvalue weighted by molar-refractivity contribution is -0.130. The molecule has 120 valence electrons. The summed E-state index contributed by atoms with van der Waals surface area (Å²) in [6.07, 6.45) is 0. The Morgan fingerprint density at radius 2 is 1.09 bits per heavy atom. The number of carbonyl (C=O) groups is 1. The van der Waals surface area contributed by atoms with Crippen molar-refractivity contribution in [2.24, 2.45) is 11.8 Å². The third-order valence-corrected chi connectivity index (χ3v) is 5.77. The van der Waals surface area contributed by atoms with Gasteiger partial charge in [0.15, 0.2) is 0 Å². The molecule has 0 amide bonds. The number of nitrogens with one attached hydrogen (secondary N) is 1. The molecule has 1 fully saturated rings. The molecule has 0 bridgehead atoms. The van der Waals surface area contributed by atoms with Gasteiger partial charge in [0.05, 0.1) is 0 Å². The van der Waals surface area contributed by atoms with Crippen LogP contribution in [0.5, 0.6) is 0 Å². The van der Waals surface area contributed by atoms with E-state index in [0.29, 0.717) is 5.78 Å². The van der Waals surface area contributed by atoms with E-state index in [0.717, 1.165) is 20.1 Å². The van der Waals surface area contributed by atoms with Crippen molar-refractivity contribution in [1.82, 2.24) is 5.32 Å². The Bertz CT molecular complexity index is 637. The number of Topliss-reactive ketones (excluding diaryl/α,β-unsaturated/α-hetero) is 1. The fourth-order valence-corrected chi connectivity index (χ4v) is 3.86. The van der Waals surface area contributed by atoms with Gasteiger partial charge >= 0.3 is 0 Å². The van der Waals surface area contributed by atoms with Crippen LogP contribution in [-0.2, 0) is 4.79 Å². The highest BCUT2D eigenvalue weighted by Crippen LogP contribution is 2.38. The molecule has 2 aromatic rings. The fourth-order valence-electron chi connectivity index (χ4n) is 3.34. The van der Waals surface area contributed by atoms with Gasteiger partial charge in [0, 0.05) is 32.9 Å². The van der Waals surface area contributed by atoms with Gasteiger partial charge < -0.3 is 5.32 Å². The summed E-state index contributed by atoms with van der Waals surface area (Å²) in [7, 11) is 0. The van der Waals surface area contributed by atoms with E-state index in [1.807, 2.05) is 38.1 Å². The van der Waals surface area contributed by atoms with E-state index in [4.69, 9.17) is 0 Å². The molecular weight excluding hydrogens is 418 g/mol. The summed E-state index contributed by atoms with van der Waals surface area (Å²) < 4.78 is 2.10. The quantitative estimate of drug-likeness (QED) is 0.679. The second kappa shape index (κ2) is 6.88. The molecular formula is C19H19Br2NO. The van der Waals surface area contributed by atoms with Gasteiger partial charge in [-0.25, -0.2) is 0 Å². The van der Waals surface area contributed by atoms with Gasteiger partial charge in [-0.3, -0.25) is 4.79 Å². The average Bonchev–Trinajstić information content (AvgIpc) is 2.55. The maximum atomic E-state index is 12.8. The van der Waals surface area contributed by atoms with Crippen LogP contribution in [0.1, 0.15) is 37.1 Å². The van der Waals surface area contributed by atoms with Crippen LogP contribution < -0.4 is 5.32 Å². The normalized spacial score (nSPS) is 27.9. The number of piperidine rings is 1. The standard InChI is InChI=1S/C19H19Br2NO/c1-11-17(13-3-7-15(20)8-4-13)22-18(12(2)19(11)23)14-5-9-16(21)10-6-14/h3-12,17-18,22H,1-2H3/t11-,12+,17-,18-/m0/s1. The minimum atomic E-state index is -0.0297. The largest absolute Gasteiger partial charge is 0.302 e. The highest BCUT2D eigenvalue weighted by Gasteiger charge is 2.39. The highest BCUT2D eigenvalue weighted by molar-refractivity contribution is 9.10. The van der Waals surface area contributed by atoms with E-state index in [1.165, 1.54) is 0 Å². The molecule has 2 aromatic carbocycles. The predicted molar refractivity (Wildman–Crippen MR) is 100 cm³/mol. The number of hydrogen-bond acceptors (Lipinski definition) is 2. The van der Waals surface area contributed by atoms with Crippen molar-refractivity contribution in [2.45, 2.75) is 25.9 Å². The Morgan fingerprint density at radius 3 is 1.43 bits per heavy atom. The summed E-state index contributed by atoms with van der Waals surface area (Å²) in [6.45, 7) is 4.05. The van der Waals surface area contributed by atoms with Gasteiger partial charge in [0.1, 0.15) is 5.78 Å². The first-order valence-electron chi connectivity index (χ1n) is 7.78. The average molecular weight is 437 g/mol. The summed E-state index contributed by atoms with van der Waals surface area (Å²) in [4.78, 5) is 12.8. The summed E-state index contributed by atoms with van der Waals surface area (Å²) in [5.41, 5.74) is 2.31. The van der Waals surface area contributed by atoms with Gasteiger partial charge in [0.25, 0.3) is 0 Å². The molecule has 0 spiro atoms. The van der Waals surface area contributed by atoms with Crippen LogP contribution in [0.2, 0.25) is 0 Å². The second-order valence-corrected chi connectivity index (χ2v) is 8.04. The van der Waals surface area contributed by atoms with Gasteiger partial charge in [-0.05, 0) is 35.4 Å². The zero-order valence-electron chi connectivity index (χ0n) is 13.1. The molecule has 1 aliphatic rings. The Balaban J connectivity index is 1.94. The van der Waals surface area contributed by atoms with E-state index in [2.05, 4.69) is 61.4 Å². The lowest BCUT2D eigenvalue weighted by Crippen LogP contribution is -2.46. The van der Waals surface area contributed by atoms with Crippen LogP contribution >= 0.6 is 31.9 Å². The molecule has 0 radical (unpaired) electrons. The fraction of sp³-hybridized carbons (Fsp3) is 0.316. The Labute approximate surface area is 153 Å². The molecule has 1 saturated heterocycles. The molecule has 23 heavy (non-hydrogen) atoms. The van der Waals surface area contributed by atoms with Gasteiger partial charge in [-0.2, -0.15) is 0 Å². The molecule has 2 nitrogen and oxygen atoms in total. The van der Waals surface area contributed by atoms with Crippen LogP contribution in [0.4, 0.5) is 0 Å². The van der Waals surface area contributed by atoms with Crippen LogP contribution in [0, 0.1) is 11.8 Å². The van der Waals surface area contributed by atoms with Crippen molar-refractivity contribution in [2.75, 3.05) is 0 Å². The highest BCUT2D eigenvalue weighted by atomic mass is 79.9. The van der Waals surface area contributed by atoms with Crippen LogP contribution in [0.25, 0.3) is 0 Å². The smallest absolute Gasteiger partial charge is 0.142 e. The second-order valence-electron chi connectivity index (χ2n) is 6.20. The lowest BCUT2D eigenvalue weighted by atomic mass is 9.76. The number of benzene rings is 2. The summed E-state index contributed by atoms with van der Waals surface area (Å²) in [6, 6.07) is 16.5. The van der Waals surface area contributed by atoms with Crippen LogP contribution in [0.3, 0.4) is 0 Å². The first kappa shape index (κ1) is 16.9. The van der Waals surface area contributed by atoms with Gasteiger partial charge in [-0.1, -0.05) is 70.0 Å². The third-order valence-electron chi connectivity index (χ3n) is 4.71. The van der Waals surface area contributed by atoms with Crippen molar-refractivity contribution in [1.29, 1.82) is 0 Å². The molecule has 3 rings (SSSR count). The number of hydrogen-bond donors (Lipinski definition) is 1. The van der Waals surface area contributed by atoms with Crippen LogP contribution in [0.15, 0.2) is 57.5 Å². The maximum absolute atomic E-state index is 12.8. The zero-order valence-corrected chi connectivity index (χ0v) is 16.3. The Kier molecular flexibility index (Phi) is 5.04. The summed E-state index contributed by atoms with van der Waals surface area (Å²) in [5, 5.41) is 3.70. The predicted octanol–water partition coefficient (Wildman–Crippen LogP) is 5.44. The molecule has 1 aliphatic heterocycles. The van der Waals surface area contributed by atoms with Gasteiger partial charge in [0.2, 0.25) is 0 Å². The summed E-state index contributed by atoms with van der Waals surface area (Å²) >= 11 is 6.94. The van der Waals surface area contributed by atoms with Crippen molar-refractivity contribution >= 4 is 37.6 Å². The SMILES string of the molecule is C[C@@H]1C(=O)[C@H](C)[C@@H](c2ccc(Br)cc2)N[C@@H]1c1ccc(Br)cc1. The minimum Gasteiger partial charge on any atom is -0.302 e. The molecule has 0 saturated carbocycles. The molecule has 0 aliphatic carbocycles. The number of ketones is 1. The van der Waals surface area contributed by atoms with E-state index in [9.17, 15) is 4.79 Å². The topological polar surface area (TPSA) is 29.1 Å². The molecule has 1 N–H and O–H groups in total. The van der Waals surface area contributed by atoms with E-state index in [-0.39, 0.29) is 23.9 Å². The molecule has 0 unspecified atom stereocenters. The van der Waals surface area contributed by atoms with Gasteiger partial charge in [-0.15, -0.1) is 0 Å². The first-order chi connectivity index (χ1) is 11.0. The molecule has 1 heterocycles. The monoisotopic (exact) mass is 435 g/mol. The van der Waals surface area contributed by atoms with E-state index < -0.39 is 0 Å². The lowest BCUT2D eigenvalue weighted by Gasteiger charge is -2.39. The first-order valence-corrected chi connectivity index (χ1v) is 9.36. The number of halogens is 2. The Morgan fingerprint density at radius 1 is 0.739 bits per heavy atom. The number of rotatable bonds is 2. The summed E-state index contributed by atoms with van der Waals surface area (Å²) in [5.74, 6) is 0.264. The zero-order chi connectivity index (χ0) is 16.6. The van der Waals surface area contributed by atoms with Crippen LogP contribution in [-0.4, -0.2) is 5.78 Å². The third kappa shape index (κ3) is 3.44. The molecule has 4 heteroatoms. The van der Waals surface area contributed by atoms with Crippen molar-refractivity contribution in [3.05, 3.63) is 68.6 Å².